The van der Waals surface area contributed by atoms with Crippen molar-refractivity contribution in [3.63, 3.8) is 0 Å². The zero-order valence-electron chi connectivity index (χ0n) is 16.9. The highest BCUT2D eigenvalue weighted by Crippen LogP contribution is 2.32. The summed E-state index contributed by atoms with van der Waals surface area (Å²) in [6.45, 7) is 0.471. The molecule has 160 valence electrons. The summed E-state index contributed by atoms with van der Waals surface area (Å²) in [5.41, 5.74) is 2.18. The predicted molar refractivity (Wildman–Crippen MR) is 120 cm³/mol. The van der Waals surface area contributed by atoms with Crippen molar-refractivity contribution >= 4 is 26.7 Å². The van der Waals surface area contributed by atoms with Gasteiger partial charge in [0.05, 0.1) is 22.0 Å². The zero-order valence-corrected chi connectivity index (χ0v) is 17.8. The second-order valence-electron chi connectivity index (χ2n) is 7.12. The Balaban J connectivity index is 1.74. The zero-order chi connectivity index (χ0) is 22.6. The van der Waals surface area contributed by atoms with Gasteiger partial charge in [-0.15, -0.1) is 0 Å². The topological polar surface area (TPSA) is 95.7 Å². The highest BCUT2D eigenvalue weighted by atomic mass is 32.2. The molecule has 3 aromatic carbocycles. The van der Waals surface area contributed by atoms with Gasteiger partial charge in [0.1, 0.15) is 11.5 Å². The third-order valence-corrected chi connectivity index (χ3v) is 6.84. The summed E-state index contributed by atoms with van der Waals surface area (Å²) in [7, 11) is -4.16. The fraction of sp³-hybridized carbons (Fsp3) is 0.125. The minimum absolute atomic E-state index is 0.0172. The van der Waals surface area contributed by atoms with Crippen LogP contribution in [0.2, 0.25) is 0 Å². The lowest BCUT2D eigenvalue weighted by Crippen LogP contribution is -2.18. The maximum Gasteiger partial charge on any atom is 0.200 e. The SMILES string of the molecule is N#CC(c1nc2ccccc2nc1NCCc1ccccc1)S(=O)(=O)c1ccc(F)cc1. The molecule has 1 aromatic heterocycles. The smallest absolute Gasteiger partial charge is 0.200 e. The Bertz CT molecular complexity index is 1390. The summed E-state index contributed by atoms with van der Waals surface area (Å²) in [5.74, 6) is -0.330. The molecule has 6 nitrogen and oxygen atoms in total. The van der Waals surface area contributed by atoms with Crippen molar-refractivity contribution in [1.29, 1.82) is 5.26 Å². The van der Waals surface area contributed by atoms with Crippen LogP contribution in [0, 0.1) is 17.1 Å². The van der Waals surface area contributed by atoms with Crippen molar-refractivity contribution < 1.29 is 12.8 Å². The number of hydrogen-bond donors (Lipinski definition) is 1. The number of hydrogen-bond acceptors (Lipinski definition) is 6. The van der Waals surface area contributed by atoms with Crippen LogP contribution in [-0.2, 0) is 16.3 Å². The number of aromatic nitrogens is 2. The first-order chi connectivity index (χ1) is 15.5. The van der Waals surface area contributed by atoms with E-state index in [1.54, 1.807) is 18.2 Å². The molecule has 0 fully saturated rings. The number of nitriles is 1. The van der Waals surface area contributed by atoms with E-state index >= 15 is 0 Å². The fourth-order valence-corrected chi connectivity index (χ4v) is 4.72. The number of halogens is 1. The molecule has 1 heterocycles. The molecule has 0 spiro atoms. The lowest BCUT2D eigenvalue weighted by Gasteiger charge is -2.16. The molecule has 1 atom stereocenters. The number of nitrogens with zero attached hydrogens (tertiary/aromatic N) is 3. The third kappa shape index (κ3) is 4.43. The van der Waals surface area contributed by atoms with Crippen molar-refractivity contribution in [2.75, 3.05) is 11.9 Å². The Morgan fingerprint density at radius 1 is 0.906 bits per heavy atom. The molecule has 0 aliphatic carbocycles. The first-order valence-corrected chi connectivity index (χ1v) is 11.5. The fourth-order valence-electron chi connectivity index (χ4n) is 3.33. The Morgan fingerprint density at radius 3 is 2.19 bits per heavy atom. The summed E-state index contributed by atoms with van der Waals surface area (Å²) >= 11 is 0. The van der Waals surface area contributed by atoms with Gasteiger partial charge in [0.15, 0.2) is 11.1 Å². The van der Waals surface area contributed by atoms with Crippen LogP contribution in [0.4, 0.5) is 10.2 Å². The van der Waals surface area contributed by atoms with E-state index in [-0.39, 0.29) is 16.4 Å². The van der Waals surface area contributed by atoms with Gasteiger partial charge in [-0.1, -0.05) is 42.5 Å². The standard InChI is InChI=1S/C24H19FN4O2S/c25-18-10-12-19(13-11-18)32(30,31)22(16-26)23-24(27-15-14-17-6-2-1-3-7-17)29-21-9-5-4-8-20(21)28-23/h1-13,22H,14-15H2,(H,27,29). The van der Waals surface area contributed by atoms with E-state index in [0.717, 1.165) is 29.8 Å². The summed E-state index contributed by atoms with van der Waals surface area (Å²) in [6.07, 6.45) is 0.677. The maximum atomic E-state index is 13.3. The van der Waals surface area contributed by atoms with Crippen molar-refractivity contribution in [1.82, 2.24) is 9.97 Å². The number of nitrogens with one attached hydrogen (secondary N) is 1. The average molecular weight is 447 g/mol. The van der Waals surface area contributed by atoms with Gasteiger partial charge in [-0.05, 0) is 48.4 Å². The summed E-state index contributed by atoms with van der Waals surface area (Å²) in [6, 6.07) is 23.1. The van der Waals surface area contributed by atoms with Gasteiger partial charge < -0.3 is 5.32 Å². The maximum absolute atomic E-state index is 13.3. The Labute approximate surface area is 185 Å². The largest absolute Gasteiger partial charge is 0.368 e. The summed E-state index contributed by atoms with van der Waals surface area (Å²) in [4.78, 5) is 8.87. The molecule has 0 amide bonds. The van der Waals surface area contributed by atoms with Gasteiger partial charge in [0.25, 0.3) is 0 Å². The van der Waals surface area contributed by atoms with Crippen molar-refractivity contribution in [2.45, 2.75) is 16.6 Å². The monoisotopic (exact) mass is 446 g/mol. The van der Waals surface area contributed by atoms with Crippen LogP contribution >= 0.6 is 0 Å². The van der Waals surface area contributed by atoms with E-state index in [4.69, 9.17) is 0 Å². The van der Waals surface area contributed by atoms with E-state index in [0.29, 0.717) is 24.0 Å². The molecule has 0 saturated heterocycles. The number of rotatable bonds is 7. The molecule has 32 heavy (non-hydrogen) atoms. The molecule has 0 saturated carbocycles. The van der Waals surface area contributed by atoms with Crippen molar-refractivity contribution in [2.24, 2.45) is 0 Å². The molecule has 0 aliphatic heterocycles. The van der Waals surface area contributed by atoms with Gasteiger partial charge in [0.2, 0.25) is 9.84 Å². The highest BCUT2D eigenvalue weighted by Gasteiger charge is 2.33. The molecule has 0 aliphatic rings. The molecule has 4 rings (SSSR count). The molecular weight excluding hydrogens is 427 g/mol. The number of para-hydroxylation sites is 2. The third-order valence-electron chi connectivity index (χ3n) is 4.96. The molecule has 0 bridgehead atoms. The van der Waals surface area contributed by atoms with Crippen LogP contribution in [0.3, 0.4) is 0 Å². The van der Waals surface area contributed by atoms with E-state index in [9.17, 15) is 18.1 Å². The van der Waals surface area contributed by atoms with Gasteiger partial charge in [-0.3, -0.25) is 0 Å². The minimum Gasteiger partial charge on any atom is -0.368 e. The number of benzene rings is 3. The Kier molecular flexibility index (Phi) is 6.10. The molecular formula is C24H19FN4O2S. The van der Waals surface area contributed by atoms with E-state index < -0.39 is 20.9 Å². The summed E-state index contributed by atoms with van der Waals surface area (Å²) in [5, 5.41) is 11.4. The minimum atomic E-state index is -4.16. The molecule has 0 radical (unpaired) electrons. The van der Waals surface area contributed by atoms with Crippen LogP contribution < -0.4 is 5.32 Å². The number of anilines is 1. The van der Waals surface area contributed by atoms with Crippen molar-refractivity contribution in [3.8, 4) is 6.07 Å². The van der Waals surface area contributed by atoms with Gasteiger partial charge in [0, 0.05) is 6.54 Å². The average Bonchev–Trinajstić information content (AvgIpc) is 2.80. The molecule has 8 heteroatoms. The Hall–Kier alpha value is -3.83. The van der Waals surface area contributed by atoms with Gasteiger partial charge in [-0.2, -0.15) is 5.26 Å². The number of fused-ring (bicyclic) bond motifs is 1. The van der Waals surface area contributed by atoms with Crippen LogP contribution in [0.25, 0.3) is 11.0 Å². The van der Waals surface area contributed by atoms with Crippen molar-refractivity contribution in [3.05, 3.63) is 95.9 Å². The molecule has 1 N–H and O–H groups in total. The highest BCUT2D eigenvalue weighted by molar-refractivity contribution is 7.92. The Morgan fingerprint density at radius 2 is 1.53 bits per heavy atom. The molecule has 1 unspecified atom stereocenters. The second kappa shape index (κ2) is 9.12. The normalized spacial score (nSPS) is 12.2. The van der Waals surface area contributed by atoms with Gasteiger partial charge >= 0.3 is 0 Å². The quantitative estimate of drug-likeness (QED) is 0.421. The predicted octanol–water partition coefficient (Wildman–Crippen LogP) is 4.46. The van der Waals surface area contributed by atoms with Crippen LogP contribution in [0.1, 0.15) is 16.5 Å². The van der Waals surface area contributed by atoms with Crippen LogP contribution in [0.5, 0.6) is 0 Å². The van der Waals surface area contributed by atoms with Crippen LogP contribution in [-0.4, -0.2) is 24.9 Å². The van der Waals surface area contributed by atoms with E-state index in [1.807, 2.05) is 42.5 Å². The second-order valence-corrected chi connectivity index (χ2v) is 9.15. The van der Waals surface area contributed by atoms with E-state index in [2.05, 4.69) is 15.3 Å². The first-order valence-electron chi connectivity index (χ1n) is 9.92. The lowest BCUT2D eigenvalue weighted by atomic mass is 10.1. The van der Waals surface area contributed by atoms with Gasteiger partial charge in [-0.25, -0.2) is 22.8 Å². The van der Waals surface area contributed by atoms with Crippen LogP contribution in [0.15, 0.2) is 83.8 Å². The first kappa shape index (κ1) is 21.4. The van der Waals surface area contributed by atoms with E-state index in [1.165, 1.54) is 0 Å². The number of sulfone groups is 1. The lowest BCUT2D eigenvalue weighted by molar-refractivity contribution is 0.589. The molecule has 4 aromatic rings. The summed E-state index contributed by atoms with van der Waals surface area (Å²) < 4.78 is 39.7.